The molecule has 0 aliphatic carbocycles. The van der Waals surface area contributed by atoms with Gasteiger partial charge in [0.25, 0.3) is 5.91 Å². The van der Waals surface area contributed by atoms with E-state index in [0.717, 1.165) is 0 Å². The van der Waals surface area contributed by atoms with Crippen molar-refractivity contribution in [2.24, 2.45) is 0 Å². The van der Waals surface area contributed by atoms with Crippen molar-refractivity contribution in [3.8, 4) is 0 Å². The minimum absolute atomic E-state index is 0.0326. The molecular formula is C11H18N4O4. The standard InChI is InChI=1S/C11H18N4O4/c1-6(2)8-13-9(15-14-8)10(18)12-5-11(3,19)4-7(16)17/h6,19H,4-5H2,1-3H3,(H,12,18)(H,16,17)(H,13,14,15). The van der Waals surface area contributed by atoms with Gasteiger partial charge in [-0.15, -0.1) is 5.10 Å². The smallest absolute Gasteiger partial charge is 0.306 e. The number of carboxylic acids is 1. The number of H-pyrrole nitrogens is 1. The van der Waals surface area contributed by atoms with Gasteiger partial charge in [-0.3, -0.25) is 14.7 Å². The Balaban J connectivity index is 2.57. The number of carbonyl (C=O) groups is 2. The van der Waals surface area contributed by atoms with Gasteiger partial charge >= 0.3 is 5.97 Å². The van der Waals surface area contributed by atoms with Crippen LogP contribution in [0.2, 0.25) is 0 Å². The molecule has 8 heteroatoms. The third-order valence-corrected chi connectivity index (χ3v) is 2.41. The molecule has 0 saturated heterocycles. The molecule has 0 aliphatic rings. The van der Waals surface area contributed by atoms with Crippen LogP contribution in [0.15, 0.2) is 0 Å². The van der Waals surface area contributed by atoms with E-state index in [0.29, 0.717) is 5.82 Å². The van der Waals surface area contributed by atoms with Gasteiger partial charge in [0.05, 0.1) is 12.0 Å². The van der Waals surface area contributed by atoms with E-state index >= 15 is 0 Å². The number of aromatic nitrogens is 3. The lowest BCUT2D eigenvalue weighted by atomic mass is 10.0. The van der Waals surface area contributed by atoms with Crippen molar-refractivity contribution in [2.45, 2.75) is 38.7 Å². The fourth-order valence-electron chi connectivity index (χ4n) is 1.37. The average molecular weight is 270 g/mol. The molecule has 0 spiro atoms. The molecule has 1 amide bonds. The summed E-state index contributed by atoms with van der Waals surface area (Å²) in [5, 5.41) is 27.1. The summed E-state index contributed by atoms with van der Waals surface area (Å²) >= 11 is 0. The highest BCUT2D eigenvalue weighted by molar-refractivity contribution is 5.90. The fourth-order valence-corrected chi connectivity index (χ4v) is 1.37. The molecule has 1 unspecified atom stereocenters. The van der Waals surface area contributed by atoms with Crippen LogP contribution in [0.25, 0.3) is 0 Å². The maximum Gasteiger partial charge on any atom is 0.306 e. The summed E-state index contributed by atoms with van der Waals surface area (Å²) in [7, 11) is 0. The summed E-state index contributed by atoms with van der Waals surface area (Å²) in [5.41, 5.74) is -1.52. The van der Waals surface area contributed by atoms with E-state index in [1.165, 1.54) is 6.92 Å². The molecule has 1 rings (SSSR count). The van der Waals surface area contributed by atoms with E-state index in [4.69, 9.17) is 5.11 Å². The van der Waals surface area contributed by atoms with Crippen LogP contribution in [0.3, 0.4) is 0 Å². The normalized spacial score (nSPS) is 14.2. The van der Waals surface area contributed by atoms with Crippen molar-refractivity contribution in [3.05, 3.63) is 11.6 Å². The van der Waals surface area contributed by atoms with Crippen molar-refractivity contribution in [1.82, 2.24) is 20.5 Å². The molecule has 1 aromatic heterocycles. The number of hydrogen-bond acceptors (Lipinski definition) is 5. The summed E-state index contributed by atoms with van der Waals surface area (Å²) in [6, 6.07) is 0. The second kappa shape index (κ2) is 5.79. The zero-order valence-electron chi connectivity index (χ0n) is 11.1. The Bertz CT molecular complexity index is 467. The second-order valence-electron chi connectivity index (χ2n) is 4.95. The molecular weight excluding hydrogens is 252 g/mol. The van der Waals surface area contributed by atoms with Crippen molar-refractivity contribution >= 4 is 11.9 Å². The van der Waals surface area contributed by atoms with Crippen LogP contribution in [0.1, 0.15) is 49.6 Å². The zero-order valence-corrected chi connectivity index (χ0v) is 11.1. The summed E-state index contributed by atoms with van der Waals surface area (Å²) in [6.45, 7) is 4.95. The van der Waals surface area contributed by atoms with Gasteiger partial charge in [-0.25, -0.2) is 4.98 Å². The molecule has 0 aromatic carbocycles. The van der Waals surface area contributed by atoms with Crippen molar-refractivity contribution in [1.29, 1.82) is 0 Å². The van der Waals surface area contributed by atoms with E-state index in [-0.39, 0.29) is 18.3 Å². The average Bonchev–Trinajstić information content (AvgIpc) is 2.73. The predicted molar refractivity (Wildman–Crippen MR) is 65.7 cm³/mol. The first-order chi connectivity index (χ1) is 8.71. The number of rotatable bonds is 6. The molecule has 4 N–H and O–H groups in total. The van der Waals surface area contributed by atoms with Crippen LogP contribution >= 0.6 is 0 Å². The first kappa shape index (κ1) is 15.1. The number of aliphatic hydroxyl groups is 1. The number of nitrogens with zero attached hydrogens (tertiary/aromatic N) is 2. The highest BCUT2D eigenvalue weighted by Gasteiger charge is 2.25. The lowest BCUT2D eigenvalue weighted by molar-refractivity contribution is -0.141. The first-order valence-electron chi connectivity index (χ1n) is 5.86. The van der Waals surface area contributed by atoms with Gasteiger partial charge in [0.2, 0.25) is 5.82 Å². The Morgan fingerprint density at radius 2 is 2.11 bits per heavy atom. The third-order valence-electron chi connectivity index (χ3n) is 2.41. The quantitative estimate of drug-likeness (QED) is 0.570. The molecule has 1 atom stereocenters. The van der Waals surface area contributed by atoms with Crippen LogP contribution in [0.4, 0.5) is 0 Å². The van der Waals surface area contributed by atoms with E-state index in [2.05, 4.69) is 20.5 Å². The van der Waals surface area contributed by atoms with Crippen LogP contribution in [0, 0.1) is 0 Å². The number of aromatic amines is 1. The molecule has 0 bridgehead atoms. The maximum atomic E-state index is 11.7. The van der Waals surface area contributed by atoms with E-state index < -0.39 is 23.9 Å². The topological polar surface area (TPSA) is 128 Å². The maximum absolute atomic E-state index is 11.7. The molecule has 0 fully saturated rings. The SMILES string of the molecule is CC(C)c1nc(C(=O)NCC(C)(O)CC(=O)O)n[nH]1. The van der Waals surface area contributed by atoms with Crippen LogP contribution in [-0.2, 0) is 4.79 Å². The summed E-state index contributed by atoms with van der Waals surface area (Å²) < 4.78 is 0. The number of amides is 1. The van der Waals surface area contributed by atoms with Gasteiger partial charge < -0.3 is 15.5 Å². The summed E-state index contributed by atoms with van der Waals surface area (Å²) in [5.74, 6) is -1.03. The Labute approximate surface area is 110 Å². The first-order valence-corrected chi connectivity index (χ1v) is 5.86. The minimum atomic E-state index is -1.52. The number of hydrogen-bond donors (Lipinski definition) is 4. The van der Waals surface area contributed by atoms with E-state index in [1.54, 1.807) is 0 Å². The van der Waals surface area contributed by atoms with E-state index in [1.807, 2.05) is 13.8 Å². The molecule has 106 valence electrons. The molecule has 0 radical (unpaired) electrons. The molecule has 8 nitrogen and oxygen atoms in total. The molecule has 1 aromatic rings. The highest BCUT2D eigenvalue weighted by Crippen LogP contribution is 2.09. The van der Waals surface area contributed by atoms with Gasteiger partial charge in [-0.1, -0.05) is 13.8 Å². The Kier molecular flexibility index (Phi) is 4.60. The second-order valence-corrected chi connectivity index (χ2v) is 4.95. The molecule has 0 saturated carbocycles. The molecule has 0 aliphatic heterocycles. The van der Waals surface area contributed by atoms with Gasteiger partial charge in [0.15, 0.2) is 0 Å². The zero-order chi connectivity index (χ0) is 14.6. The lowest BCUT2D eigenvalue weighted by Gasteiger charge is -2.20. The third kappa shape index (κ3) is 4.66. The van der Waals surface area contributed by atoms with Gasteiger partial charge in [0, 0.05) is 12.5 Å². The summed E-state index contributed by atoms with van der Waals surface area (Å²) in [4.78, 5) is 26.2. The fraction of sp³-hybridized carbons (Fsp3) is 0.636. The van der Waals surface area contributed by atoms with Gasteiger partial charge in [-0.2, -0.15) is 0 Å². The van der Waals surface area contributed by atoms with Gasteiger partial charge in [-0.05, 0) is 6.92 Å². The van der Waals surface area contributed by atoms with Crippen LogP contribution in [0.5, 0.6) is 0 Å². The molecule has 1 heterocycles. The Morgan fingerprint density at radius 1 is 1.47 bits per heavy atom. The Hall–Kier alpha value is -1.96. The lowest BCUT2D eigenvalue weighted by Crippen LogP contribution is -2.42. The van der Waals surface area contributed by atoms with E-state index in [9.17, 15) is 14.7 Å². The number of aliphatic carboxylic acids is 1. The van der Waals surface area contributed by atoms with Crippen LogP contribution in [-0.4, -0.2) is 49.4 Å². The summed E-state index contributed by atoms with van der Waals surface area (Å²) in [6.07, 6.45) is -0.460. The number of carbonyl (C=O) groups excluding carboxylic acids is 1. The monoisotopic (exact) mass is 270 g/mol. The van der Waals surface area contributed by atoms with Crippen molar-refractivity contribution in [2.75, 3.05) is 6.54 Å². The minimum Gasteiger partial charge on any atom is -0.481 e. The molecule has 19 heavy (non-hydrogen) atoms. The van der Waals surface area contributed by atoms with Crippen molar-refractivity contribution < 1.29 is 19.8 Å². The highest BCUT2D eigenvalue weighted by atomic mass is 16.4. The predicted octanol–water partition coefficient (Wildman–Crippen LogP) is -0.116. The largest absolute Gasteiger partial charge is 0.481 e. The number of nitrogens with one attached hydrogen (secondary N) is 2. The van der Waals surface area contributed by atoms with Gasteiger partial charge in [0.1, 0.15) is 5.82 Å². The number of carboxylic acid groups (broad SMARTS) is 1. The van der Waals surface area contributed by atoms with Crippen molar-refractivity contribution in [3.63, 3.8) is 0 Å². The Morgan fingerprint density at radius 3 is 2.58 bits per heavy atom. The van der Waals surface area contributed by atoms with Crippen LogP contribution < -0.4 is 5.32 Å².